The molecular weight excluding hydrogens is 254 g/mol. The van der Waals surface area contributed by atoms with Crippen molar-refractivity contribution in [1.82, 2.24) is 9.97 Å². The van der Waals surface area contributed by atoms with Gasteiger partial charge in [-0.2, -0.15) is 4.98 Å². The molecule has 0 unspecified atom stereocenters. The maximum atomic E-state index is 5.76. The number of benzene rings is 1. The molecule has 0 aliphatic rings. The van der Waals surface area contributed by atoms with Gasteiger partial charge in [0.15, 0.2) is 0 Å². The van der Waals surface area contributed by atoms with Crippen molar-refractivity contribution in [3.63, 3.8) is 0 Å². The Morgan fingerprint density at radius 1 is 1.25 bits per heavy atom. The van der Waals surface area contributed by atoms with Crippen LogP contribution in [0, 0.1) is 6.92 Å². The topological polar surface area (TPSA) is 99.1 Å². The van der Waals surface area contributed by atoms with E-state index in [9.17, 15) is 0 Å². The van der Waals surface area contributed by atoms with Crippen LogP contribution < -0.4 is 21.5 Å². The Balaban J connectivity index is 2.46. The van der Waals surface area contributed by atoms with E-state index in [-0.39, 0.29) is 5.95 Å². The molecule has 0 saturated carbocycles. The fourth-order valence-corrected chi connectivity index (χ4v) is 1.92. The van der Waals surface area contributed by atoms with Crippen LogP contribution in [0.4, 0.5) is 11.8 Å². The molecule has 0 bridgehead atoms. The first-order chi connectivity index (χ1) is 9.63. The van der Waals surface area contributed by atoms with Gasteiger partial charge in [0, 0.05) is 24.7 Å². The maximum Gasteiger partial charge on any atom is 0.222 e. The fourth-order valence-electron chi connectivity index (χ4n) is 1.92. The molecule has 0 aliphatic carbocycles. The van der Waals surface area contributed by atoms with E-state index in [1.807, 2.05) is 31.2 Å². The van der Waals surface area contributed by atoms with Gasteiger partial charge in [-0.25, -0.2) is 4.98 Å². The van der Waals surface area contributed by atoms with Crippen LogP contribution >= 0.6 is 0 Å². The number of nitrogen functional groups attached to an aromatic ring is 1. The molecule has 0 radical (unpaired) electrons. The molecule has 0 amide bonds. The lowest BCUT2D eigenvalue weighted by molar-refractivity contribution is 0.416. The number of ether oxygens (including phenoxy) is 1. The summed E-state index contributed by atoms with van der Waals surface area (Å²) >= 11 is 0. The van der Waals surface area contributed by atoms with Crippen LogP contribution in [0.5, 0.6) is 5.75 Å². The van der Waals surface area contributed by atoms with E-state index in [0.29, 0.717) is 18.9 Å². The van der Waals surface area contributed by atoms with Crippen LogP contribution in [0.2, 0.25) is 0 Å². The fraction of sp³-hybridized carbons (Fsp3) is 0.286. The maximum absolute atomic E-state index is 5.76. The van der Waals surface area contributed by atoms with Crippen molar-refractivity contribution < 1.29 is 4.74 Å². The molecule has 0 aliphatic heterocycles. The van der Waals surface area contributed by atoms with Gasteiger partial charge >= 0.3 is 0 Å². The van der Waals surface area contributed by atoms with Crippen LogP contribution in [0.1, 0.15) is 5.56 Å². The molecule has 2 rings (SSSR count). The number of rotatable bonds is 5. The standard InChI is InChI=1S/C14H19N5O/c1-9-3-4-12(20-2)10(7-9)11-8-13(17-6-5-15)19-14(16)18-11/h3-4,7-8H,5-6,15H2,1-2H3,(H3,16,17,18,19). The lowest BCUT2D eigenvalue weighted by Gasteiger charge is -2.11. The van der Waals surface area contributed by atoms with Gasteiger partial charge in [-0.15, -0.1) is 0 Å². The predicted octanol–water partition coefficient (Wildman–Crippen LogP) is 1.41. The smallest absolute Gasteiger partial charge is 0.222 e. The number of hydrogen-bond donors (Lipinski definition) is 3. The molecule has 0 atom stereocenters. The van der Waals surface area contributed by atoms with E-state index in [1.165, 1.54) is 0 Å². The first kappa shape index (κ1) is 14.1. The van der Waals surface area contributed by atoms with Gasteiger partial charge in [0.05, 0.1) is 12.8 Å². The molecule has 2 aromatic rings. The summed E-state index contributed by atoms with van der Waals surface area (Å²) in [5.74, 6) is 1.62. The van der Waals surface area contributed by atoms with Gasteiger partial charge in [-0.1, -0.05) is 11.6 Å². The highest BCUT2D eigenvalue weighted by atomic mass is 16.5. The number of aryl methyl sites for hydroxylation is 1. The molecule has 1 aromatic carbocycles. The third-order valence-electron chi connectivity index (χ3n) is 2.82. The number of methoxy groups -OCH3 is 1. The number of anilines is 2. The summed E-state index contributed by atoms with van der Waals surface area (Å²) in [6.45, 7) is 3.16. The van der Waals surface area contributed by atoms with Crippen molar-refractivity contribution >= 4 is 11.8 Å². The normalized spacial score (nSPS) is 10.3. The zero-order chi connectivity index (χ0) is 14.5. The number of nitrogens with zero attached hydrogens (tertiary/aromatic N) is 2. The van der Waals surface area contributed by atoms with E-state index in [4.69, 9.17) is 16.2 Å². The molecule has 0 fully saturated rings. The summed E-state index contributed by atoms with van der Waals surface area (Å²) < 4.78 is 5.37. The molecule has 1 aromatic heterocycles. The Morgan fingerprint density at radius 3 is 2.75 bits per heavy atom. The van der Waals surface area contributed by atoms with E-state index < -0.39 is 0 Å². The summed E-state index contributed by atoms with van der Waals surface area (Å²) in [6, 6.07) is 7.74. The summed E-state index contributed by atoms with van der Waals surface area (Å²) in [4.78, 5) is 8.41. The van der Waals surface area contributed by atoms with Gasteiger partial charge in [-0.3, -0.25) is 0 Å². The second-order valence-electron chi connectivity index (χ2n) is 4.42. The Hall–Kier alpha value is -2.34. The van der Waals surface area contributed by atoms with Crippen molar-refractivity contribution in [2.24, 2.45) is 5.73 Å². The highest BCUT2D eigenvalue weighted by molar-refractivity contribution is 5.71. The highest BCUT2D eigenvalue weighted by Crippen LogP contribution is 2.30. The van der Waals surface area contributed by atoms with Gasteiger partial charge < -0.3 is 21.5 Å². The first-order valence-electron chi connectivity index (χ1n) is 6.37. The van der Waals surface area contributed by atoms with Gasteiger partial charge in [-0.05, 0) is 19.1 Å². The van der Waals surface area contributed by atoms with Gasteiger partial charge in [0.2, 0.25) is 5.95 Å². The first-order valence-corrected chi connectivity index (χ1v) is 6.37. The zero-order valence-corrected chi connectivity index (χ0v) is 11.7. The summed E-state index contributed by atoms with van der Waals surface area (Å²) in [5, 5.41) is 3.10. The molecule has 20 heavy (non-hydrogen) atoms. The Morgan fingerprint density at radius 2 is 2.05 bits per heavy atom. The van der Waals surface area contributed by atoms with Gasteiger partial charge in [0.25, 0.3) is 0 Å². The third kappa shape index (κ3) is 3.16. The minimum atomic E-state index is 0.214. The van der Waals surface area contributed by atoms with Crippen LogP contribution in [0.15, 0.2) is 24.3 Å². The van der Waals surface area contributed by atoms with Crippen LogP contribution in [0.3, 0.4) is 0 Å². The second-order valence-corrected chi connectivity index (χ2v) is 4.42. The second kappa shape index (κ2) is 6.21. The minimum Gasteiger partial charge on any atom is -0.496 e. The summed E-state index contributed by atoms with van der Waals surface area (Å²) in [6.07, 6.45) is 0. The molecule has 1 heterocycles. The van der Waals surface area contributed by atoms with Crippen LogP contribution in [0.25, 0.3) is 11.3 Å². The molecule has 0 spiro atoms. The van der Waals surface area contributed by atoms with Crippen LogP contribution in [-0.2, 0) is 0 Å². The Labute approximate surface area is 118 Å². The molecule has 0 saturated heterocycles. The summed E-state index contributed by atoms with van der Waals surface area (Å²) in [7, 11) is 1.63. The molecular formula is C14H19N5O. The largest absolute Gasteiger partial charge is 0.496 e. The van der Waals surface area contributed by atoms with Crippen molar-refractivity contribution in [3.05, 3.63) is 29.8 Å². The van der Waals surface area contributed by atoms with E-state index in [2.05, 4.69) is 15.3 Å². The number of aromatic nitrogens is 2. The number of nitrogens with two attached hydrogens (primary N) is 2. The predicted molar refractivity (Wildman–Crippen MR) is 80.7 cm³/mol. The number of nitrogens with one attached hydrogen (secondary N) is 1. The highest BCUT2D eigenvalue weighted by Gasteiger charge is 2.10. The quantitative estimate of drug-likeness (QED) is 0.762. The Kier molecular flexibility index (Phi) is 4.37. The summed E-state index contributed by atoms with van der Waals surface area (Å²) in [5.41, 5.74) is 14.0. The lowest BCUT2D eigenvalue weighted by atomic mass is 10.1. The van der Waals surface area contributed by atoms with Crippen molar-refractivity contribution in [3.8, 4) is 17.0 Å². The van der Waals surface area contributed by atoms with Crippen molar-refractivity contribution in [2.75, 3.05) is 31.2 Å². The van der Waals surface area contributed by atoms with E-state index in [0.717, 1.165) is 22.6 Å². The monoisotopic (exact) mass is 273 g/mol. The number of hydrogen-bond acceptors (Lipinski definition) is 6. The van der Waals surface area contributed by atoms with Crippen LogP contribution in [-0.4, -0.2) is 30.2 Å². The average molecular weight is 273 g/mol. The molecule has 6 nitrogen and oxygen atoms in total. The third-order valence-corrected chi connectivity index (χ3v) is 2.82. The van der Waals surface area contributed by atoms with Gasteiger partial charge in [0.1, 0.15) is 11.6 Å². The van der Waals surface area contributed by atoms with Crippen molar-refractivity contribution in [1.29, 1.82) is 0 Å². The molecule has 5 N–H and O–H groups in total. The lowest BCUT2D eigenvalue weighted by Crippen LogP contribution is -2.14. The molecule has 6 heteroatoms. The van der Waals surface area contributed by atoms with E-state index in [1.54, 1.807) is 7.11 Å². The minimum absolute atomic E-state index is 0.214. The van der Waals surface area contributed by atoms with Crippen molar-refractivity contribution in [2.45, 2.75) is 6.92 Å². The van der Waals surface area contributed by atoms with E-state index >= 15 is 0 Å². The zero-order valence-electron chi connectivity index (χ0n) is 11.7. The average Bonchev–Trinajstić information content (AvgIpc) is 2.44. The SMILES string of the molecule is COc1ccc(C)cc1-c1cc(NCCN)nc(N)n1. The Bertz CT molecular complexity index is 600. The molecule has 106 valence electrons.